The molecular weight excluding hydrogens is 651 g/mol. The summed E-state index contributed by atoms with van der Waals surface area (Å²) < 4.78 is 9.29. The van der Waals surface area contributed by atoms with E-state index in [1.54, 1.807) is 0 Å². The molecule has 0 radical (unpaired) electrons. The van der Waals surface area contributed by atoms with Crippen LogP contribution in [0, 0.1) is 0 Å². The van der Waals surface area contributed by atoms with Gasteiger partial charge in [-0.1, -0.05) is 91.0 Å². The van der Waals surface area contributed by atoms with Crippen molar-refractivity contribution in [3.63, 3.8) is 0 Å². The Labute approximate surface area is 305 Å². The van der Waals surface area contributed by atoms with Crippen LogP contribution >= 0.6 is 0 Å². The van der Waals surface area contributed by atoms with Gasteiger partial charge in [-0.15, -0.1) is 0 Å². The van der Waals surface area contributed by atoms with Crippen molar-refractivity contribution in [3.8, 4) is 5.82 Å². The van der Waals surface area contributed by atoms with Crippen LogP contribution in [-0.4, -0.2) is 28.2 Å². The zero-order valence-corrected chi connectivity index (χ0v) is 29.0. The Morgan fingerprint density at radius 2 is 1.34 bits per heavy atom. The molecule has 6 nitrogen and oxygen atoms in total. The fraction of sp³-hybridized carbons (Fsp3) is 0.0426. The minimum absolute atomic E-state index is 0.788. The van der Waals surface area contributed by atoms with Crippen molar-refractivity contribution in [1.82, 2.24) is 14.5 Å². The molecule has 6 heteroatoms. The van der Waals surface area contributed by atoms with Crippen molar-refractivity contribution in [3.05, 3.63) is 170 Å². The van der Waals surface area contributed by atoms with Crippen LogP contribution in [0.4, 0.5) is 22.7 Å². The molecule has 252 valence electrons. The molecule has 0 unspecified atom stereocenters. The Hall–Kier alpha value is -7.05. The van der Waals surface area contributed by atoms with E-state index in [0.717, 1.165) is 73.6 Å². The van der Waals surface area contributed by atoms with Gasteiger partial charge in [0.1, 0.15) is 11.4 Å². The fourth-order valence-corrected chi connectivity index (χ4v) is 8.30. The van der Waals surface area contributed by atoms with E-state index in [9.17, 15) is 0 Å². The molecule has 4 heterocycles. The SMILES string of the molecule is CN1C=CN(c2cccc(N(c3ccc4c5ccccc5n(-c5ccccn5)c4c3)c3cc4ccccc4c4c3oc3ccc5ccccc5c34)c2)C1. The first-order valence-corrected chi connectivity index (χ1v) is 18.0. The Balaban J connectivity index is 1.24. The Bertz CT molecular complexity index is 3090. The first kappa shape index (κ1) is 29.7. The molecule has 3 aromatic heterocycles. The highest BCUT2D eigenvalue weighted by Crippen LogP contribution is 2.48. The Kier molecular flexibility index (Phi) is 6.43. The summed E-state index contributed by atoms with van der Waals surface area (Å²) >= 11 is 0. The minimum Gasteiger partial charge on any atom is -0.454 e. The van der Waals surface area contributed by atoms with E-state index in [2.05, 4.69) is 178 Å². The summed E-state index contributed by atoms with van der Waals surface area (Å²) in [6.45, 7) is 0.788. The molecule has 0 aliphatic carbocycles. The van der Waals surface area contributed by atoms with Crippen LogP contribution in [0.25, 0.3) is 71.1 Å². The van der Waals surface area contributed by atoms with Gasteiger partial charge in [0, 0.05) is 64.3 Å². The second-order valence-electron chi connectivity index (χ2n) is 13.8. The molecule has 0 fully saturated rings. The molecule has 0 spiro atoms. The van der Waals surface area contributed by atoms with Crippen molar-refractivity contribution in [2.24, 2.45) is 0 Å². The van der Waals surface area contributed by atoms with E-state index in [1.807, 2.05) is 18.3 Å². The summed E-state index contributed by atoms with van der Waals surface area (Å²) in [4.78, 5) is 11.6. The van der Waals surface area contributed by atoms with Crippen molar-refractivity contribution in [2.75, 3.05) is 23.5 Å². The molecule has 0 N–H and O–H groups in total. The predicted molar refractivity (Wildman–Crippen MR) is 220 cm³/mol. The summed E-state index contributed by atoms with van der Waals surface area (Å²) in [6, 6.07) is 54.1. The predicted octanol–water partition coefficient (Wildman–Crippen LogP) is 12.0. The second kappa shape index (κ2) is 11.5. The van der Waals surface area contributed by atoms with Crippen LogP contribution in [0.3, 0.4) is 0 Å². The maximum absolute atomic E-state index is 7.01. The monoisotopic (exact) mass is 683 g/mol. The molecule has 7 aromatic carbocycles. The lowest BCUT2D eigenvalue weighted by Gasteiger charge is -2.28. The Morgan fingerprint density at radius 3 is 2.17 bits per heavy atom. The summed E-state index contributed by atoms with van der Waals surface area (Å²) in [7, 11) is 2.10. The van der Waals surface area contributed by atoms with E-state index >= 15 is 0 Å². The number of hydrogen-bond donors (Lipinski definition) is 0. The highest BCUT2D eigenvalue weighted by Gasteiger charge is 2.25. The number of aromatic nitrogens is 2. The van der Waals surface area contributed by atoms with Gasteiger partial charge in [-0.2, -0.15) is 0 Å². The number of rotatable bonds is 5. The molecule has 0 saturated carbocycles. The van der Waals surface area contributed by atoms with Gasteiger partial charge in [0.25, 0.3) is 0 Å². The third-order valence-electron chi connectivity index (χ3n) is 10.7. The summed E-state index contributed by atoms with van der Waals surface area (Å²) in [5.74, 6) is 0.881. The summed E-state index contributed by atoms with van der Waals surface area (Å²) in [6.07, 6.45) is 6.11. The topological polar surface area (TPSA) is 40.7 Å². The molecule has 1 aliphatic heterocycles. The van der Waals surface area contributed by atoms with Crippen molar-refractivity contribution in [1.29, 1.82) is 0 Å². The summed E-state index contributed by atoms with van der Waals surface area (Å²) in [5.41, 5.74) is 8.08. The van der Waals surface area contributed by atoms with Crippen molar-refractivity contribution < 1.29 is 4.42 Å². The lowest BCUT2D eigenvalue weighted by Crippen LogP contribution is -2.21. The highest BCUT2D eigenvalue weighted by atomic mass is 16.3. The van der Waals surface area contributed by atoms with Crippen LogP contribution in [-0.2, 0) is 0 Å². The Morgan fingerprint density at radius 1 is 0.585 bits per heavy atom. The van der Waals surface area contributed by atoms with Gasteiger partial charge in [0.15, 0.2) is 5.58 Å². The summed E-state index contributed by atoms with van der Waals surface area (Å²) in [5, 5.41) is 9.33. The fourth-order valence-electron chi connectivity index (χ4n) is 8.30. The smallest absolute Gasteiger partial charge is 0.160 e. The molecule has 1 aliphatic rings. The van der Waals surface area contributed by atoms with Gasteiger partial charge in [0.05, 0.1) is 23.4 Å². The van der Waals surface area contributed by atoms with Crippen LogP contribution < -0.4 is 9.80 Å². The zero-order chi connectivity index (χ0) is 35.0. The molecule has 11 rings (SSSR count). The van der Waals surface area contributed by atoms with Crippen molar-refractivity contribution in [2.45, 2.75) is 0 Å². The lowest BCUT2D eigenvalue weighted by molar-refractivity contribution is 0.496. The molecule has 0 atom stereocenters. The van der Waals surface area contributed by atoms with Crippen LogP contribution in [0.1, 0.15) is 0 Å². The van der Waals surface area contributed by atoms with E-state index in [1.165, 1.54) is 26.9 Å². The van der Waals surface area contributed by atoms with Gasteiger partial charge < -0.3 is 19.1 Å². The number of benzene rings is 7. The number of nitrogens with zero attached hydrogens (tertiary/aromatic N) is 5. The number of furan rings is 1. The van der Waals surface area contributed by atoms with E-state index in [0.29, 0.717) is 0 Å². The first-order chi connectivity index (χ1) is 26.2. The highest BCUT2D eigenvalue weighted by molar-refractivity contribution is 6.29. The molecule has 0 bridgehead atoms. The second-order valence-corrected chi connectivity index (χ2v) is 13.8. The number of fused-ring (bicyclic) bond motifs is 10. The van der Waals surface area contributed by atoms with Crippen LogP contribution in [0.2, 0.25) is 0 Å². The molecule has 10 aromatic rings. The van der Waals surface area contributed by atoms with E-state index in [4.69, 9.17) is 9.40 Å². The standard InChI is InChI=1S/C47H33N5O/c1-49-25-26-50(30-49)33-13-10-14-34(28-33)51(35-21-22-39-38-17-6-7-18-40(38)52(41(39)29-35)44-19-8-9-24-48-44)42-27-32-12-3-5-16-37(32)46-45-36-15-4-2-11-31(36)20-23-43(45)53-47(42)46/h2-29H,30H2,1H3. The zero-order valence-electron chi connectivity index (χ0n) is 29.0. The normalized spacial score (nSPS) is 13.2. The van der Waals surface area contributed by atoms with Gasteiger partial charge in [-0.05, 0) is 82.2 Å². The van der Waals surface area contributed by atoms with Gasteiger partial charge in [-0.25, -0.2) is 4.98 Å². The quantitative estimate of drug-likeness (QED) is 0.181. The number of anilines is 4. The lowest BCUT2D eigenvalue weighted by atomic mass is 9.98. The number of pyridine rings is 1. The maximum Gasteiger partial charge on any atom is 0.160 e. The van der Waals surface area contributed by atoms with Crippen molar-refractivity contribution >= 4 is 88.0 Å². The molecule has 0 saturated heterocycles. The molecule has 53 heavy (non-hydrogen) atoms. The third kappa shape index (κ3) is 4.55. The third-order valence-corrected chi connectivity index (χ3v) is 10.7. The van der Waals surface area contributed by atoms with E-state index in [-0.39, 0.29) is 0 Å². The average molecular weight is 684 g/mol. The van der Waals surface area contributed by atoms with Gasteiger partial charge in [0.2, 0.25) is 0 Å². The van der Waals surface area contributed by atoms with Gasteiger partial charge >= 0.3 is 0 Å². The van der Waals surface area contributed by atoms with Crippen LogP contribution in [0.15, 0.2) is 175 Å². The first-order valence-electron chi connectivity index (χ1n) is 18.0. The molecule has 0 amide bonds. The number of hydrogen-bond acceptors (Lipinski definition) is 5. The van der Waals surface area contributed by atoms with Crippen LogP contribution in [0.5, 0.6) is 0 Å². The average Bonchev–Trinajstić information content (AvgIpc) is 3.92. The number of para-hydroxylation sites is 1. The largest absolute Gasteiger partial charge is 0.454 e. The van der Waals surface area contributed by atoms with E-state index < -0.39 is 0 Å². The maximum atomic E-state index is 7.01. The molecular formula is C47H33N5O. The van der Waals surface area contributed by atoms with Gasteiger partial charge in [-0.3, -0.25) is 4.57 Å². The minimum atomic E-state index is 0.788.